The van der Waals surface area contributed by atoms with Crippen molar-refractivity contribution in [1.29, 1.82) is 0 Å². The van der Waals surface area contributed by atoms with E-state index in [1.54, 1.807) is 18.9 Å². The van der Waals surface area contributed by atoms with E-state index < -0.39 is 0 Å². The molecule has 1 aliphatic rings. The quantitative estimate of drug-likeness (QED) is 0.413. The molecule has 2 heterocycles. The van der Waals surface area contributed by atoms with Gasteiger partial charge in [0, 0.05) is 17.0 Å². The predicted molar refractivity (Wildman–Crippen MR) is 115 cm³/mol. The molecule has 0 amide bonds. The van der Waals surface area contributed by atoms with Crippen molar-refractivity contribution in [3.63, 3.8) is 0 Å². The van der Waals surface area contributed by atoms with E-state index in [1.807, 2.05) is 60.7 Å². The van der Waals surface area contributed by atoms with Gasteiger partial charge < -0.3 is 14.2 Å². The number of nitrogens with zero attached hydrogens (tertiary/aromatic N) is 3. The minimum absolute atomic E-state index is 0.276. The normalized spacial score (nSPS) is 12.2. The summed E-state index contributed by atoms with van der Waals surface area (Å²) in [5, 5.41) is 9.81. The molecule has 6 nitrogen and oxygen atoms in total. The molecule has 0 spiro atoms. The Labute approximate surface area is 178 Å². The van der Waals surface area contributed by atoms with Crippen molar-refractivity contribution in [1.82, 2.24) is 14.8 Å². The number of hydrogen-bond acceptors (Lipinski definition) is 6. The van der Waals surface area contributed by atoms with Gasteiger partial charge in [-0.25, -0.2) is 0 Å². The number of benzene rings is 3. The predicted octanol–water partition coefficient (Wildman–Crippen LogP) is 4.96. The Hall–Kier alpha value is -3.45. The summed E-state index contributed by atoms with van der Waals surface area (Å²) in [5.74, 6) is 3.86. The van der Waals surface area contributed by atoms with Crippen LogP contribution in [0.3, 0.4) is 0 Å². The van der Waals surface area contributed by atoms with Crippen molar-refractivity contribution in [2.45, 2.75) is 10.9 Å². The SMILES string of the molecule is COc1cccc(-c2nnc(SCc3ccc4c(c3)OCO4)n2-c2ccccc2)c1. The first kappa shape index (κ1) is 18.6. The zero-order valence-electron chi connectivity index (χ0n) is 16.3. The van der Waals surface area contributed by atoms with Gasteiger partial charge in [-0.2, -0.15) is 0 Å². The van der Waals surface area contributed by atoms with Gasteiger partial charge in [-0.3, -0.25) is 4.57 Å². The molecule has 0 atom stereocenters. The van der Waals surface area contributed by atoms with Crippen LogP contribution in [0.1, 0.15) is 5.56 Å². The van der Waals surface area contributed by atoms with Gasteiger partial charge in [0.15, 0.2) is 22.5 Å². The Morgan fingerprint density at radius 1 is 0.933 bits per heavy atom. The number of rotatable bonds is 6. The van der Waals surface area contributed by atoms with Crippen LogP contribution < -0.4 is 14.2 Å². The molecule has 0 bridgehead atoms. The first-order valence-corrected chi connectivity index (χ1v) is 10.5. The van der Waals surface area contributed by atoms with Gasteiger partial charge in [0.05, 0.1) is 7.11 Å². The van der Waals surface area contributed by atoms with Gasteiger partial charge in [-0.05, 0) is 42.0 Å². The molecule has 0 fully saturated rings. The highest BCUT2D eigenvalue weighted by molar-refractivity contribution is 7.98. The number of thioether (sulfide) groups is 1. The van der Waals surface area contributed by atoms with E-state index in [-0.39, 0.29) is 6.79 Å². The average Bonchev–Trinajstić information content (AvgIpc) is 3.45. The van der Waals surface area contributed by atoms with Crippen molar-refractivity contribution in [2.24, 2.45) is 0 Å². The standard InChI is InChI=1S/C23H19N3O3S/c1-27-19-9-5-6-17(13-19)22-24-25-23(26(22)18-7-3-2-4-8-18)30-14-16-10-11-20-21(12-16)29-15-28-20/h2-13H,14-15H2,1H3. The number of para-hydroxylation sites is 1. The maximum absolute atomic E-state index is 5.49. The van der Waals surface area contributed by atoms with Gasteiger partial charge in [-0.1, -0.05) is 48.2 Å². The molecular weight excluding hydrogens is 398 g/mol. The van der Waals surface area contributed by atoms with E-state index in [4.69, 9.17) is 14.2 Å². The Bertz CT molecular complexity index is 1180. The van der Waals surface area contributed by atoms with Crippen molar-refractivity contribution < 1.29 is 14.2 Å². The van der Waals surface area contributed by atoms with E-state index in [9.17, 15) is 0 Å². The zero-order valence-corrected chi connectivity index (χ0v) is 17.1. The fraction of sp³-hybridized carbons (Fsp3) is 0.130. The molecule has 4 aromatic rings. The van der Waals surface area contributed by atoms with Gasteiger partial charge in [0.2, 0.25) is 6.79 Å². The molecule has 30 heavy (non-hydrogen) atoms. The van der Waals surface area contributed by atoms with Gasteiger partial charge >= 0.3 is 0 Å². The van der Waals surface area contributed by atoms with Gasteiger partial charge in [-0.15, -0.1) is 10.2 Å². The lowest BCUT2D eigenvalue weighted by molar-refractivity contribution is 0.174. The molecule has 0 saturated heterocycles. The molecule has 7 heteroatoms. The van der Waals surface area contributed by atoms with Gasteiger partial charge in [0.1, 0.15) is 5.75 Å². The van der Waals surface area contributed by atoms with Crippen LogP contribution in [0.15, 0.2) is 78.0 Å². The fourth-order valence-corrected chi connectivity index (χ4v) is 4.20. The second-order valence-corrected chi connectivity index (χ2v) is 7.63. The molecule has 0 saturated carbocycles. The second-order valence-electron chi connectivity index (χ2n) is 6.69. The molecular formula is C23H19N3O3S. The van der Waals surface area contributed by atoms with Crippen LogP contribution in [-0.4, -0.2) is 28.7 Å². The summed E-state index contributed by atoms with van der Waals surface area (Å²) in [7, 11) is 1.66. The Balaban J connectivity index is 1.49. The summed E-state index contributed by atoms with van der Waals surface area (Å²) < 4.78 is 18.4. The van der Waals surface area contributed by atoms with Gasteiger partial charge in [0.25, 0.3) is 0 Å². The third kappa shape index (κ3) is 3.59. The molecule has 5 rings (SSSR count). The first-order chi connectivity index (χ1) is 14.8. The highest BCUT2D eigenvalue weighted by Gasteiger charge is 2.18. The Kier molecular flexibility index (Phi) is 5.03. The average molecular weight is 417 g/mol. The molecule has 0 unspecified atom stereocenters. The van der Waals surface area contributed by atoms with Crippen LogP contribution in [0.5, 0.6) is 17.2 Å². The monoisotopic (exact) mass is 417 g/mol. The largest absolute Gasteiger partial charge is 0.497 e. The van der Waals surface area contributed by atoms with Crippen LogP contribution in [0.2, 0.25) is 0 Å². The van der Waals surface area contributed by atoms with E-state index in [1.165, 1.54) is 0 Å². The van der Waals surface area contributed by atoms with Crippen molar-refractivity contribution >= 4 is 11.8 Å². The smallest absolute Gasteiger partial charge is 0.231 e. The van der Waals surface area contributed by atoms with Crippen LogP contribution >= 0.6 is 11.8 Å². The summed E-state index contributed by atoms with van der Waals surface area (Å²) >= 11 is 1.63. The lowest BCUT2D eigenvalue weighted by Crippen LogP contribution is -2.00. The number of fused-ring (bicyclic) bond motifs is 1. The highest BCUT2D eigenvalue weighted by Crippen LogP contribution is 2.35. The van der Waals surface area contributed by atoms with Crippen LogP contribution in [0.4, 0.5) is 0 Å². The topological polar surface area (TPSA) is 58.4 Å². The zero-order chi connectivity index (χ0) is 20.3. The van der Waals surface area contributed by atoms with Crippen LogP contribution in [-0.2, 0) is 5.75 Å². The van der Waals surface area contributed by atoms with E-state index in [2.05, 4.69) is 26.9 Å². The summed E-state index contributed by atoms with van der Waals surface area (Å²) in [6.45, 7) is 0.276. The molecule has 0 radical (unpaired) electrons. The van der Waals surface area contributed by atoms with E-state index >= 15 is 0 Å². The van der Waals surface area contributed by atoms with E-state index in [0.717, 1.165) is 50.8 Å². The molecule has 3 aromatic carbocycles. The maximum Gasteiger partial charge on any atom is 0.231 e. The number of methoxy groups -OCH3 is 1. The van der Waals surface area contributed by atoms with Crippen LogP contribution in [0.25, 0.3) is 17.1 Å². The number of aromatic nitrogens is 3. The molecule has 1 aromatic heterocycles. The summed E-state index contributed by atoms with van der Waals surface area (Å²) in [6.07, 6.45) is 0. The summed E-state index contributed by atoms with van der Waals surface area (Å²) in [4.78, 5) is 0. The summed E-state index contributed by atoms with van der Waals surface area (Å²) in [5.41, 5.74) is 3.09. The first-order valence-electron chi connectivity index (χ1n) is 9.48. The number of ether oxygens (including phenoxy) is 3. The molecule has 0 aliphatic carbocycles. The highest BCUT2D eigenvalue weighted by atomic mass is 32.2. The molecule has 150 valence electrons. The van der Waals surface area contributed by atoms with Crippen molar-refractivity contribution in [3.8, 4) is 34.3 Å². The number of hydrogen-bond donors (Lipinski definition) is 0. The Morgan fingerprint density at radius 2 is 1.80 bits per heavy atom. The second kappa shape index (κ2) is 8.12. The molecule has 1 aliphatic heterocycles. The van der Waals surface area contributed by atoms with Crippen molar-refractivity contribution in [2.75, 3.05) is 13.9 Å². The third-order valence-corrected chi connectivity index (χ3v) is 5.78. The van der Waals surface area contributed by atoms with Crippen molar-refractivity contribution in [3.05, 3.63) is 78.4 Å². The minimum Gasteiger partial charge on any atom is -0.497 e. The minimum atomic E-state index is 0.276. The van der Waals surface area contributed by atoms with E-state index in [0.29, 0.717) is 0 Å². The summed E-state index contributed by atoms with van der Waals surface area (Å²) in [6, 6.07) is 24.0. The lowest BCUT2D eigenvalue weighted by atomic mass is 10.2. The fourth-order valence-electron chi connectivity index (χ4n) is 3.30. The lowest BCUT2D eigenvalue weighted by Gasteiger charge is -2.11. The molecule has 0 N–H and O–H groups in total. The third-order valence-electron chi connectivity index (χ3n) is 4.78. The Morgan fingerprint density at radius 3 is 2.67 bits per heavy atom. The maximum atomic E-state index is 5.49. The van der Waals surface area contributed by atoms with Crippen LogP contribution in [0, 0.1) is 0 Å².